The quantitative estimate of drug-likeness (QED) is 0.524. The summed E-state index contributed by atoms with van der Waals surface area (Å²) in [5.74, 6) is 0. The third-order valence-corrected chi connectivity index (χ3v) is 3.20. The summed E-state index contributed by atoms with van der Waals surface area (Å²) in [4.78, 5) is 10.6. The minimum atomic E-state index is -2.19. The molecule has 0 radical (unpaired) electrons. The van der Waals surface area contributed by atoms with E-state index in [0.717, 1.165) is 0 Å². The largest absolute Gasteiger partial charge is 0.302 e. The summed E-state index contributed by atoms with van der Waals surface area (Å²) >= 11 is -2.19. The molecule has 1 N–H and O–H groups in total. The highest BCUT2D eigenvalue weighted by Gasteiger charge is 2.18. The van der Waals surface area contributed by atoms with Gasteiger partial charge in [-0.2, -0.15) is 0 Å². The van der Waals surface area contributed by atoms with Crippen LogP contribution in [0.4, 0.5) is 5.69 Å². The SMILES string of the molecule is O=[N+]([O-])c1ccccc1-c1ccccc1S(=O)O. The number of hydrogen-bond acceptors (Lipinski definition) is 3. The second-order valence-corrected chi connectivity index (χ2v) is 4.46. The second-order valence-electron chi connectivity index (χ2n) is 3.52. The Morgan fingerprint density at radius 1 is 1.00 bits per heavy atom. The van der Waals surface area contributed by atoms with Crippen molar-refractivity contribution in [1.82, 2.24) is 0 Å². The van der Waals surface area contributed by atoms with Crippen LogP contribution < -0.4 is 0 Å². The fourth-order valence-corrected chi connectivity index (χ4v) is 2.26. The first-order valence-corrected chi connectivity index (χ1v) is 6.15. The molecule has 0 saturated carbocycles. The van der Waals surface area contributed by atoms with Crippen LogP contribution in [-0.2, 0) is 11.1 Å². The molecule has 0 fully saturated rings. The van der Waals surface area contributed by atoms with Crippen LogP contribution in [0, 0.1) is 10.1 Å². The van der Waals surface area contributed by atoms with Crippen LogP contribution in [0.1, 0.15) is 0 Å². The number of nitro benzene ring substituents is 1. The number of nitrogens with zero attached hydrogens (tertiary/aromatic N) is 1. The summed E-state index contributed by atoms with van der Waals surface area (Å²) in [7, 11) is 0. The molecule has 2 rings (SSSR count). The van der Waals surface area contributed by atoms with E-state index >= 15 is 0 Å². The molecular weight excluding hydrogens is 254 g/mol. The van der Waals surface area contributed by atoms with Crippen LogP contribution in [0.2, 0.25) is 0 Å². The highest BCUT2D eigenvalue weighted by atomic mass is 32.2. The van der Waals surface area contributed by atoms with Gasteiger partial charge in [0.05, 0.1) is 15.4 Å². The summed E-state index contributed by atoms with van der Waals surface area (Å²) in [6.45, 7) is 0. The van der Waals surface area contributed by atoms with Gasteiger partial charge in [0.1, 0.15) is 0 Å². The Balaban J connectivity index is 2.70. The molecule has 0 aliphatic heterocycles. The van der Waals surface area contributed by atoms with Crippen LogP contribution in [0.5, 0.6) is 0 Å². The first-order valence-electron chi connectivity index (χ1n) is 5.05. The fraction of sp³-hybridized carbons (Fsp3) is 0. The molecule has 5 nitrogen and oxygen atoms in total. The average molecular weight is 263 g/mol. The molecule has 92 valence electrons. The smallest absolute Gasteiger partial charge is 0.277 e. The molecule has 0 bridgehead atoms. The normalized spacial score (nSPS) is 12.1. The minimum Gasteiger partial charge on any atom is -0.302 e. The second kappa shape index (κ2) is 5.07. The van der Waals surface area contributed by atoms with Crippen molar-refractivity contribution in [3.63, 3.8) is 0 Å². The number of benzene rings is 2. The topological polar surface area (TPSA) is 80.4 Å². The van der Waals surface area contributed by atoms with E-state index in [1.54, 1.807) is 36.4 Å². The van der Waals surface area contributed by atoms with E-state index in [1.165, 1.54) is 12.1 Å². The van der Waals surface area contributed by atoms with Crippen molar-refractivity contribution in [2.45, 2.75) is 4.90 Å². The van der Waals surface area contributed by atoms with Gasteiger partial charge < -0.3 is 4.55 Å². The molecular formula is C12H9NO4S. The third-order valence-electron chi connectivity index (χ3n) is 2.47. The maximum absolute atomic E-state index is 11.2. The van der Waals surface area contributed by atoms with Crippen molar-refractivity contribution in [1.29, 1.82) is 0 Å². The zero-order valence-corrected chi connectivity index (χ0v) is 9.96. The van der Waals surface area contributed by atoms with E-state index < -0.39 is 16.0 Å². The van der Waals surface area contributed by atoms with Gasteiger partial charge in [0.25, 0.3) is 5.69 Å². The van der Waals surface area contributed by atoms with Gasteiger partial charge in [-0.05, 0) is 12.1 Å². The number of rotatable bonds is 3. The Bertz CT molecular complexity index is 571. The lowest BCUT2D eigenvalue weighted by molar-refractivity contribution is -0.384. The molecule has 0 aromatic heterocycles. The lowest BCUT2D eigenvalue weighted by Gasteiger charge is -2.06. The van der Waals surface area contributed by atoms with Crippen LogP contribution in [0.15, 0.2) is 53.4 Å². The molecule has 0 saturated heterocycles. The first kappa shape index (κ1) is 12.4. The number of hydrogen-bond donors (Lipinski definition) is 1. The summed E-state index contributed by atoms with van der Waals surface area (Å²) in [6.07, 6.45) is 0. The average Bonchev–Trinajstić information content (AvgIpc) is 2.38. The molecule has 0 aliphatic carbocycles. The Morgan fingerprint density at radius 3 is 2.17 bits per heavy atom. The molecule has 6 heteroatoms. The Hall–Kier alpha value is -2.05. The van der Waals surface area contributed by atoms with Crippen LogP contribution >= 0.6 is 0 Å². The molecule has 0 aliphatic rings. The predicted octanol–water partition coefficient (Wildman–Crippen LogP) is 2.84. The minimum absolute atomic E-state index is 0.0876. The Labute approximate surface area is 106 Å². The van der Waals surface area contributed by atoms with Crippen molar-refractivity contribution < 1.29 is 13.7 Å². The standard InChI is InChI=1S/C12H9NO4S/c14-13(15)11-7-3-1-5-9(11)10-6-2-4-8-12(10)18(16)17/h1-8H,(H,16,17). The van der Waals surface area contributed by atoms with E-state index in [0.29, 0.717) is 11.1 Å². The van der Waals surface area contributed by atoms with Crippen molar-refractivity contribution in [2.24, 2.45) is 0 Å². The zero-order chi connectivity index (χ0) is 13.1. The summed E-state index contributed by atoms with van der Waals surface area (Å²) in [5, 5.41) is 10.9. The molecule has 0 heterocycles. The van der Waals surface area contributed by atoms with Gasteiger partial charge in [-0.3, -0.25) is 10.1 Å². The maximum Gasteiger partial charge on any atom is 0.277 e. The molecule has 1 unspecified atom stereocenters. The van der Waals surface area contributed by atoms with Gasteiger partial charge >= 0.3 is 0 Å². The maximum atomic E-state index is 11.2. The summed E-state index contributed by atoms with van der Waals surface area (Å²) < 4.78 is 20.4. The number of nitro groups is 1. The van der Waals surface area contributed by atoms with Gasteiger partial charge in [0.15, 0.2) is 11.1 Å². The lowest BCUT2D eigenvalue weighted by Crippen LogP contribution is -1.96. The Kier molecular flexibility index (Phi) is 3.50. The molecule has 0 amide bonds. The fourth-order valence-electron chi connectivity index (χ4n) is 1.70. The van der Waals surface area contributed by atoms with Gasteiger partial charge in [-0.1, -0.05) is 30.3 Å². The Morgan fingerprint density at radius 2 is 1.56 bits per heavy atom. The monoisotopic (exact) mass is 263 g/mol. The van der Waals surface area contributed by atoms with E-state index in [1.807, 2.05) is 0 Å². The van der Waals surface area contributed by atoms with Crippen molar-refractivity contribution in [3.8, 4) is 11.1 Å². The summed E-state index contributed by atoms with van der Waals surface area (Å²) in [6, 6.07) is 12.5. The van der Waals surface area contributed by atoms with E-state index in [4.69, 9.17) is 0 Å². The predicted molar refractivity (Wildman–Crippen MR) is 67.6 cm³/mol. The van der Waals surface area contributed by atoms with Crippen molar-refractivity contribution in [3.05, 3.63) is 58.6 Å². The van der Waals surface area contributed by atoms with E-state index in [-0.39, 0.29) is 10.6 Å². The van der Waals surface area contributed by atoms with E-state index in [2.05, 4.69) is 0 Å². The van der Waals surface area contributed by atoms with Gasteiger partial charge in [0.2, 0.25) is 0 Å². The van der Waals surface area contributed by atoms with Gasteiger partial charge in [0, 0.05) is 11.6 Å². The van der Waals surface area contributed by atoms with Crippen LogP contribution in [-0.4, -0.2) is 13.7 Å². The first-order chi connectivity index (χ1) is 8.61. The molecule has 0 spiro atoms. The lowest BCUT2D eigenvalue weighted by atomic mass is 10.0. The number of para-hydroxylation sites is 1. The summed E-state index contributed by atoms with van der Waals surface area (Å²) in [5.41, 5.74) is 0.640. The molecule has 18 heavy (non-hydrogen) atoms. The highest BCUT2D eigenvalue weighted by Crippen LogP contribution is 2.32. The van der Waals surface area contributed by atoms with Gasteiger partial charge in [-0.15, -0.1) is 0 Å². The van der Waals surface area contributed by atoms with Crippen LogP contribution in [0.3, 0.4) is 0 Å². The van der Waals surface area contributed by atoms with Gasteiger partial charge in [-0.25, -0.2) is 4.21 Å². The van der Waals surface area contributed by atoms with Crippen molar-refractivity contribution >= 4 is 16.8 Å². The van der Waals surface area contributed by atoms with E-state index in [9.17, 15) is 18.9 Å². The zero-order valence-electron chi connectivity index (χ0n) is 9.15. The van der Waals surface area contributed by atoms with Crippen LogP contribution in [0.25, 0.3) is 11.1 Å². The highest BCUT2D eigenvalue weighted by molar-refractivity contribution is 7.79. The van der Waals surface area contributed by atoms with Crippen molar-refractivity contribution in [2.75, 3.05) is 0 Å². The third kappa shape index (κ3) is 2.29. The molecule has 2 aromatic carbocycles. The molecule has 1 atom stereocenters. The molecule has 2 aromatic rings.